The van der Waals surface area contributed by atoms with Crippen LogP contribution in [0.4, 0.5) is 4.79 Å². The van der Waals surface area contributed by atoms with E-state index in [0.717, 1.165) is 12.8 Å². The topological polar surface area (TPSA) is 130 Å². The number of primary amides is 1. The lowest BCUT2D eigenvalue weighted by Gasteiger charge is -2.39. The van der Waals surface area contributed by atoms with Crippen LogP contribution in [0.15, 0.2) is 22.6 Å². The van der Waals surface area contributed by atoms with Crippen LogP contribution < -0.4 is 11.1 Å². The average Bonchev–Trinajstić information content (AvgIpc) is 3.54. The normalized spacial score (nSPS) is 36.7. The minimum atomic E-state index is -0.953. The summed E-state index contributed by atoms with van der Waals surface area (Å²) in [4.78, 5) is 39.6. The lowest BCUT2D eigenvalue weighted by Crippen LogP contribution is -2.55. The minimum absolute atomic E-state index is 0.0127. The Labute approximate surface area is 155 Å². The van der Waals surface area contributed by atoms with Gasteiger partial charge < -0.3 is 30.2 Å². The number of carbonyl (C=O) groups excluding carboxylic acids is 3. The second kappa shape index (κ2) is 5.32. The molecule has 144 valence electrons. The molecule has 0 radical (unpaired) electrons. The van der Waals surface area contributed by atoms with Crippen LogP contribution in [0.3, 0.4) is 0 Å². The van der Waals surface area contributed by atoms with E-state index in [9.17, 15) is 14.4 Å². The Morgan fingerprint density at radius 3 is 2.70 bits per heavy atom. The zero-order valence-electron chi connectivity index (χ0n) is 15.1. The van der Waals surface area contributed by atoms with Gasteiger partial charge in [0.05, 0.1) is 23.8 Å². The Balaban J connectivity index is 1.59. The Hall–Kier alpha value is -2.39. The van der Waals surface area contributed by atoms with Crippen LogP contribution in [0.5, 0.6) is 0 Å². The lowest BCUT2D eigenvalue weighted by atomic mass is 9.83. The lowest BCUT2D eigenvalue weighted by molar-refractivity contribution is -0.137. The maximum Gasteiger partial charge on any atom is 0.404 e. The third-order valence-corrected chi connectivity index (χ3v) is 6.18. The molecule has 4 atom stereocenters. The van der Waals surface area contributed by atoms with E-state index in [2.05, 4.69) is 5.32 Å². The van der Waals surface area contributed by atoms with Gasteiger partial charge in [0.2, 0.25) is 11.6 Å². The van der Waals surface area contributed by atoms with E-state index in [4.69, 9.17) is 19.9 Å². The fourth-order valence-corrected chi connectivity index (χ4v) is 4.76. The third-order valence-electron chi connectivity index (χ3n) is 6.18. The fourth-order valence-electron chi connectivity index (χ4n) is 4.76. The first-order chi connectivity index (χ1) is 12.9. The van der Waals surface area contributed by atoms with E-state index in [-0.39, 0.29) is 42.1 Å². The molecule has 2 saturated heterocycles. The van der Waals surface area contributed by atoms with E-state index in [1.165, 1.54) is 0 Å². The first kappa shape index (κ1) is 16.8. The average molecular weight is 375 g/mol. The van der Waals surface area contributed by atoms with Crippen molar-refractivity contribution >= 4 is 17.7 Å². The number of amides is 1. The number of hydrogen-bond donors (Lipinski definition) is 2. The molecule has 0 spiro atoms. The van der Waals surface area contributed by atoms with Crippen LogP contribution in [0.1, 0.15) is 19.8 Å². The van der Waals surface area contributed by atoms with Gasteiger partial charge in [-0.05, 0) is 19.8 Å². The summed E-state index contributed by atoms with van der Waals surface area (Å²) in [5.41, 5.74) is 5.17. The van der Waals surface area contributed by atoms with E-state index < -0.39 is 17.7 Å². The van der Waals surface area contributed by atoms with Crippen molar-refractivity contribution < 1.29 is 28.6 Å². The van der Waals surface area contributed by atoms with Gasteiger partial charge in [0.15, 0.2) is 11.5 Å². The van der Waals surface area contributed by atoms with Crippen molar-refractivity contribution in [1.82, 2.24) is 10.2 Å². The number of ketones is 2. The number of ether oxygens (including phenoxy) is 3. The monoisotopic (exact) mass is 375 g/mol. The van der Waals surface area contributed by atoms with Gasteiger partial charge in [0, 0.05) is 30.8 Å². The van der Waals surface area contributed by atoms with E-state index in [0.29, 0.717) is 23.4 Å². The molecule has 27 heavy (non-hydrogen) atoms. The van der Waals surface area contributed by atoms with Gasteiger partial charge in [-0.3, -0.25) is 9.59 Å². The Morgan fingerprint density at radius 2 is 2.07 bits per heavy atom. The predicted octanol–water partition coefficient (Wildman–Crippen LogP) is -0.431. The molecule has 3 aliphatic heterocycles. The molecule has 5 rings (SSSR count). The number of rotatable bonds is 5. The number of hydrogen-bond acceptors (Lipinski definition) is 8. The van der Waals surface area contributed by atoms with Crippen molar-refractivity contribution in [2.45, 2.75) is 43.7 Å². The number of nitrogens with zero attached hydrogens (tertiary/aromatic N) is 1. The van der Waals surface area contributed by atoms with Crippen molar-refractivity contribution in [2.75, 3.05) is 20.3 Å². The molecule has 1 amide bonds. The van der Waals surface area contributed by atoms with Gasteiger partial charge in [-0.15, -0.1) is 0 Å². The minimum Gasteiger partial charge on any atom is -0.486 e. The molecular formula is C18H21N3O6. The van der Waals surface area contributed by atoms with Crippen LogP contribution in [0, 0.1) is 5.92 Å². The Kier molecular flexibility index (Phi) is 3.31. The standard InChI is InChI=1S/C18H21N3O6/c1-7-13(22)12-11(14(23)15(7)27-8-3-4-8)9(6-26-17(19)24)18(25-2)16-10(20-16)5-21(12)18/h8-10,16,20H,3-6H2,1-2H3,(H2,19,24)/t9-,10+,16+,18-/m1/s1. The Bertz CT molecular complexity index is 844. The SMILES string of the molecule is CO[C@@]12[C@H](COC(N)=O)C3=C(C(=O)C(C)=C(OC4CC4)C3=O)N1C[C@@H]1N[C@@H]12. The zero-order valence-corrected chi connectivity index (χ0v) is 15.1. The number of fused-ring (bicyclic) bond motifs is 4. The maximum atomic E-state index is 13.3. The Morgan fingerprint density at radius 1 is 1.33 bits per heavy atom. The van der Waals surface area contributed by atoms with E-state index in [1.54, 1.807) is 14.0 Å². The number of nitrogens with one attached hydrogen (secondary N) is 1. The molecule has 3 N–H and O–H groups in total. The number of allylic oxidation sites excluding steroid dienone is 2. The quantitative estimate of drug-likeness (QED) is 0.489. The summed E-state index contributed by atoms with van der Waals surface area (Å²) >= 11 is 0. The molecule has 1 saturated carbocycles. The first-order valence-corrected chi connectivity index (χ1v) is 9.12. The smallest absolute Gasteiger partial charge is 0.404 e. The molecule has 0 unspecified atom stereocenters. The number of Topliss-reactive ketones (excluding diaryl/α,β-unsaturated/α-hetero) is 2. The highest BCUT2D eigenvalue weighted by Crippen LogP contribution is 2.56. The molecule has 2 aliphatic carbocycles. The molecule has 9 heteroatoms. The van der Waals surface area contributed by atoms with Crippen molar-refractivity contribution in [1.29, 1.82) is 0 Å². The van der Waals surface area contributed by atoms with Crippen LogP contribution in [0.25, 0.3) is 0 Å². The number of piperazine rings is 1. The summed E-state index contributed by atoms with van der Waals surface area (Å²) in [5.74, 6) is -1.07. The largest absolute Gasteiger partial charge is 0.486 e. The van der Waals surface area contributed by atoms with Crippen LogP contribution in [0.2, 0.25) is 0 Å². The van der Waals surface area contributed by atoms with Crippen LogP contribution in [-0.2, 0) is 23.8 Å². The molecular weight excluding hydrogens is 354 g/mol. The van der Waals surface area contributed by atoms with Gasteiger partial charge >= 0.3 is 6.09 Å². The second-order valence-corrected chi connectivity index (χ2v) is 7.69. The predicted molar refractivity (Wildman–Crippen MR) is 90.0 cm³/mol. The van der Waals surface area contributed by atoms with Crippen molar-refractivity contribution in [3.05, 3.63) is 22.6 Å². The highest BCUT2D eigenvalue weighted by Gasteiger charge is 2.72. The van der Waals surface area contributed by atoms with Crippen LogP contribution >= 0.6 is 0 Å². The highest BCUT2D eigenvalue weighted by molar-refractivity contribution is 6.25. The maximum absolute atomic E-state index is 13.3. The molecule has 0 aromatic rings. The number of nitrogens with two attached hydrogens (primary N) is 1. The molecule has 0 aromatic heterocycles. The third kappa shape index (κ3) is 2.09. The molecule has 3 fully saturated rings. The van der Waals surface area contributed by atoms with Crippen molar-refractivity contribution in [2.24, 2.45) is 11.7 Å². The van der Waals surface area contributed by atoms with E-state index in [1.807, 2.05) is 4.90 Å². The molecule has 0 aromatic carbocycles. The van der Waals surface area contributed by atoms with Crippen molar-refractivity contribution in [3.63, 3.8) is 0 Å². The molecule has 0 bridgehead atoms. The number of carbonyl (C=O) groups is 3. The summed E-state index contributed by atoms with van der Waals surface area (Å²) in [5, 5.41) is 3.32. The van der Waals surface area contributed by atoms with Gasteiger partial charge in [-0.2, -0.15) is 0 Å². The van der Waals surface area contributed by atoms with Gasteiger partial charge in [-0.1, -0.05) is 0 Å². The molecule has 3 heterocycles. The number of methoxy groups -OCH3 is 1. The van der Waals surface area contributed by atoms with Gasteiger partial charge in [0.1, 0.15) is 6.61 Å². The fraction of sp³-hybridized carbons (Fsp3) is 0.611. The zero-order chi connectivity index (χ0) is 19.1. The van der Waals surface area contributed by atoms with Gasteiger partial charge in [0.25, 0.3) is 0 Å². The summed E-state index contributed by atoms with van der Waals surface area (Å²) in [6.45, 7) is 2.03. The summed E-state index contributed by atoms with van der Waals surface area (Å²) in [7, 11) is 1.54. The summed E-state index contributed by atoms with van der Waals surface area (Å²) in [6.07, 6.45) is 0.803. The molecule has 5 aliphatic rings. The van der Waals surface area contributed by atoms with Gasteiger partial charge in [-0.25, -0.2) is 4.79 Å². The first-order valence-electron chi connectivity index (χ1n) is 9.12. The van der Waals surface area contributed by atoms with E-state index >= 15 is 0 Å². The highest BCUT2D eigenvalue weighted by atomic mass is 16.6. The van der Waals surface area contributed by atoms with Crippen molar-refractivity contribution in [3.8, 4) is 0 Å². The molecule has 9 nitrogen and oxygen atoms in total. The summed E-state index contributed by atoms with van der Waals surface area (Å²) < 4.78 is 16.7. The second-order valence-electron chi connectivity index (χ2n) is 7.69. The van der Waals surface area contributed by atoms with Crippen LogP contribution in [-0.4, -0.2) is 66.7 Å². The summed E-state index contributed by atoms with van der Waals surface area (Å²) in [6, 6.07) is 0.120.